The van der Waals surface area contributed by atoms with Crippen molar-refractivity contribution >= 4 is 5.91 Å². The molecule has 0 bridgehead atoms. The van der Waals surface area contributed by atoms with Gasteiger partial charge in [-0.05, 0) is 13.0 Å². The third-order valence-electron chi connectivity index (χ3n) is 3.12. The van der Waals surface area contributed by atoms with Gasteiger partial charge in [-0.15, -0.1) is 0 Å². The fourth-order valence-electron chi connectivity index (χ4n) is 2.03. The number of para-hydroxylation sites is 1. The average Bonchev–Trinajstić information content (AvgIpc) is 2.46. The van der Waals surface area contributed by atoms with Crippen molar-refractivity contribution in [3.8, 4) is 5.75 Å². The second-order valence-corrected chi connectivity index (χ2v) is 4.61. The Morgan fingerprint density at radius 1 is 1.42 bits per heavy atom. The smallest absolute Gasteiger partial charge is 0.260 e. The minimum absolute atomic E-state index is 0.0113. The van der Waals surface area contributed by atoms with Gasteiger partial charge in [-0.2, -0.15) is 0 Å². The fraction of sp³-hybridized carbons (Fsp3) is 0.500. The van der Waals surface area contributed by atoms with E-state index in [1.165, 1.54) is 0 Å². The summed E-state index contributed by atoms with van der Waals surface area (Å²) >= 11 is 0. The van der Waals surface area contributed by atoms with E-state index in [1.807, 2.05) is 31.2 Å². The van der Waals surface area contributed by atoms with Crippen molar-refractivity contribution in [2.45, 2.75) is 13.0 Å². The van der Waals surface area contributed by atoms with E-state index in [0.717, 1.165) is 5.56 Å². The van der Waals surface area contributed by atoms with Crippen LogP contribution in [-0.4, -0.2) is 43.7 Å². The molecule has 1 amide bonds. The molecule has 1 fully saturated rings. The first-order valence-corrected chi connectivity index (χ1v) is 6.51. The highest BCUT2D eigenvalue weighted by Gasteiger charge is 2.17. The van der Waals surface area contributed by atoms with Gasteiger partial charge in [-0.25, -0.2) is 0 Å². The lowest BCUT2D eigenvalue weighted by atomic mass is 10.1. The van der Waals surface area contributed by atoms with Gasteiger partial charge >= 0.3 is 0 Å². The maximum absolute atomic E-state index is 12.0. The average molecular weight is 264 g/mol. The second kappa shape index (κ2) is 6.54. The number of nitrogens with two attached hydrogens (primary N) is 1. The van der Waals surface area contributed by atoms with Gasteiger partial charge in [0, 0.05) is 24.7 Å². The molecular weight excluding hydrogens is 244 g/mol. The molecule has 5 heteroatoms. The molecule has 1 aromatic carbocycles. The largest absolute Gasteiger partial charge is 0.483 e. The van der Waals surface area contributed by atoms with Gasteiger partial charge in [-0.1, -0.05) is 18.2 Å². The number of hydrogen-bond donors (Lipinski definition) is 1. The van der Waals surface area contributed by atoms with Crippen LogP contribution >= 0.6 is 0 Å². The van der Waals surface area contributed by atoms with Crippen molar-refractivity contribution in [1.29, 1.82) is 0 Å². The minimum atomic E-state index is -0.116. The number of rotatable bonds is 4. The molecule has 1 atom stereocenters. The van der Waals surface area contributed by atoms with E-state index < -0.39 is 0 Å². The van der Waals surface area contributed by atoms with Crippen LogP contribution in [0.3, 0.4) is 0 Å². The van der Waals surface area contributed by atoms with Gasteiger partial charge in [0.1, 0.15) is 5.75 Å². The SMILES string of the molecule is C[C@@H](N)c1ccccc1OCC(=O)N1CCOCC1. The number of nitrogens with zero attached hydrogens (tertiary/aromatic N) is 1. The summed E-state index contributed by atoms with van der Waals surface area (Å²) in [4.78, 5) is 13.7. The van der Waals surface area contributed by atoms with Crippen molar-refractivity contribution in [2.24, 2.45) is 5.73 Å². The first kappa shape index (κ1) is 13.8. The van der Waals surface area contributed by atoms with Gasteiger partial charge in [-0.3, -0.25) is 4.79 Å². The van der Waals surface area contributed by atoms with Crippen LogP contribution in [0, 0.1) is 0 Å². The zero-order valence-corrected chi connectivity index (χ0v) is 11.2. The zero-order valence-electron chi connectivity index (χ0n) is 11.2. The predicted octanol–water partition coefficient (Wildman–Crippen LogP) is 0.944. The van der Waals surface area contributed by atoms with E-state index in [0.29, 0.717) is 32.1 Å². The molecular formula is C14H20N2O3. The molecule has 1 aromatic rings. The van der Waals surface area contributed by atoms with Crippen LogP contribution in [0.15, 0.2) is 24.3 Å². The lowest BCUT2D eigenvalue weighted by Crippen LogP contribution is -2.43. The molecule has 1 saturated heterocycles. The van der Waals surface area contributed by atoms with Crippen molar-refractivity contribution in [3.05, 3.63) is 29.8 Å². The number of carbonyl (C=O) groups is 1. The summed E-state index contributed by atoms with van der Waals surface area (Å²) in [5.41, 5.74) is 6.79. The number of amides is 1. The summed E-state index contributed by atoms with van der Waals surface area (Å²) in [5.74, 6) is 0.668. The second-order valence-electron chi connectivity index (χ2n) is 4.61. The van der Waals surface area contributed by atoms with Gasteiger partial charge < -0.3 is 20.1 Å². The van der Waals surface area contributed by atoms with Gasteiger partial charge in [0.25, 0.3) is 5.91 Å². The summed E-state index contributed by atoms with van der Waals surface area (Å²) in [5, 5.41) is 0. The Kier molecular flexibility index (Phi) is 4.76. The molecule has 2 N–H and O–H groups in total. The van der Waals surface area contributed by atoms with Crippen LogP contribution < -0.4 is 10.5 Å². The van der Waals surface area contributed by atoms with Crippen LogP contribution in [0.5, 0.6) is 5.75 Å². The van der Waals surface area contributed by atoms with E-state index in [9.17, 15) is 4.79 Å². The summed E-state index contributed by atoms with van der Waals surface area (Å²) in [6.07, 6.45) is 0. The van der Waals surface area contributed by atoms with Gasteiger partial charge in [0.05, 0.1) is 13.2 Å². The molecule has 1 heterocycles. The van der Waals surface area contributed by atoms with Crippen molar-refractivity contribution < 1.29 is 14.3 Å². The Labute approximate surface area is 113 Å². The lowest BCUT2D eigenvalue weighted by Gasteiger charge is -2.27. The quantitative estimate of drug-likeness (QED) is 0.879. The third-order valence-corrected chi connectivity index (χ3v) is 3.12. The van der Waals surface area contributed by atoms with Crippen LogP contribution in [0.2, 0.25) is 0 Å². The number of carbonyl (C=O) groups excluding carboxylic acids is 1. The molecule has 0 aliphatic carbocycles. The molecule has 19 heavy (non-hydrogen) atoms. The molecule has 2 rings (SSSR count). The van der Waals surface area contributed by atoms with E-state index in [4.69, 9.17) is 15.2 Å². The Morgan fingerprint density at radius 2 is 2.11 bits per heavy atom. The fourth-order valence-corrected chi connectivity index (χ4v) is 2.03. The van der Waals surface area contributed by atoms with Crippen LogP contribution in [0.25, 0.3) is 0 Å². The highest BCUT2D eigenvalue weighted by atomic mass is 16.5. The Bertz CT molecular complexity index is 428. The topological polar surface area (TPSA) is 64.8 Å². The van der Waals surface area contributed by atoms with Crippen LogP contribution in [0.1, 0.15) is 18.5 Å². The molecule has 5 nitrogen and oxygen atoms in total. The highest BCUT2D eigenvalue weighted by Crippen LogP contribution is 2.23. The first-order chi connectivity index (χ1) is 9.18. The van der Waals surface area contributed by atoms with E-state index in [1.54, 1.807) is 4.90 Å². The number of morpholine rings is 1. The number of ether oxygens (including phenoxy) is 2. The third kappa shape index (κ3) is 3.68. The monoisotopic (exact) mass is 264 g/mol. The maximum atomic E-state index is 12.0. The van der Waals surface area contributed by atoms with Crippen molar-refractivity contribution in [1.82, 2.24) is 4.90 Å². The molecule has 0 unspecified atom stereocenters. The minimum Gasteiger partial charge on any atom is -0.483 e. The number of benzene rings is 1. The molecule has 0 spiro atoms. The summed E-state index contributed by atoms with van der Waals surface area (Å²) in [6.45, 7) is 4.41. The lowest BCUT2D eigenvalue weighted by molar-refractivity contribution is -0.137. The van der Waals surface area contributed by atoms with Crippen molar-refractivity contribution in [3.63, 3.8) is 0 Å². The standard InChI is InChI=1S/C14H20N2O3/c1-11(15)12-4-2-3-5-13(12)19-10-14(17)16-6-8-18-9-7-16/h2-5,11H,6-10,15H2,1H3/t11-/m1/s1. The summed E-state index contributed by atoms with van der Waals surface area (Å²) < 4.78 is 10.8. The van der Waals surface area contributed by atoms with Gasteiger partial charge in [0.15, 0.2) is 6.61 Å². The Balaban J connectivity index is 1.93. The van der Waals surface area contributed by atoms with Crippen molar-refractivity contribution in [2.75, 3.05) is 32.9 Å². The molecule has 1 aliphatic rings. The molecule has 104 valence electrons. The summed E-state index contributed by atoms with van der Waals surface area (Å²) in [7, 11) is 0. The summed E-state index contributed by atoms with van der Waals surface area (Å²) in [6, 6.07) is 7.43. The number of hydrogen-bond acceptors (Lipinski definition) is 4. The molecule has 0 radical (unpaired) electrons. The Morgan fingerprint density at radius 3 is 2.79 bits per heavy atom. The predicted molar refractivity (Wildman–Crippen MR) is 71.9 cm³/mol. The van der Waals surface area contributed by atoms with E-state index in [2.05, 4.69) is 0 Å². The van der Waals surface area contributed by atoms with E-state index in [-0.39, 0.29) is 18.6 Å². The molecule has 0 saturated carbocycles. The normalized spacial score (nSPS) is 17.1. The maximum Gasteiger partial charge on any atom is 0.260 e. The zero-order chi connectivity index (χ0) is 13.7. The van der Waals surface area contributed by atoms with E-state index >= 15 is 0 Å². The van der Waals surface area contributed by atoms with Gasteiger partial charge in [0.2, 0.25) is 0 Å². The Hall–Kier alpha value is -1.59. The van der Waals surface area contributed by atoms with Crippen LogP contribution in [-0.2, 0) is 9.53 Å². The van der Waals surface area contributed by atoms with Crippen LogP contribution in [0.4, 0.5) is 0 Å². The highest BCUT2D eigenvalue weighted by molar-refractivity contribution is 5.77. The first-order valence-electron chi connectivity index (χ1n) is 6.51. The molecule has 0 aromatic heterocycles. The molecule has 1 aliphatic heterocycles.